The highest BCUT2D eigenvalue weighted by Crippen LogP contribution is 2.66. The van der Waals surface area contributed by atoms with Crippen LogP contribution in [0, 0.1) is 17.8 Å². The number of hydrogen-bond acceptors (Lipinski definition) is 4. The van der Waals surface area contributed by atoms with Crippen LogP contribution in [0.25, 0.3) is 0 Å². The van der Waals surface area contributed by atoms with E-state index in [0.717, 1.165) is 39.8 Å². The minimum atomic E-state index is -1.05. The van der Waals surface area contributed by atoms with Gasteiger partial charge in [-0.25, -0.2) is 9.78 Å². The molecule has 3 aromatic rings. The van der Waals surface area contributed by atoms with Crippen molar-refractivity contribution in [3.05, 3.63) is 76.9 Å². The largest absolute Gasteiger partial charge is 0.477 e. The lowest BCUT2D eigenvalue weighted by molar-refractivity contribution is 0.0690. The number of halogens is 1. The van der Waals surface area contributed by atoms with Gasteiger partial charge in [0, 0.05) is 11.4 Å². The van der Waals surface area contributed by atoms with Gasteiger partial charge in [-0.3, -0.25) is 0 Å². The van der Waals surface area contributed by atoms with Crippen molar-refractivity contribution in [1.29, 1.82) is 0 Å². The van der Waals surface area contributed by atoms with Crippen LogP contribution in [0.1, 0.15) is 48.2 Å². The number of nitrogens with one attached hydrogen (secondary N) is 2. The first-order chi connectivity index (χ1) is 16.0. The molecule has 2 atom stereocenters. The van der Waals surface area contributed by atoms with Crippen LogP contribution in [0.4, 0.5) is 22.9 Å². The number of aromatic nitrogens is 1. The highest BCUT2D eigenvalue weighted by Gasteiger charge is 2.58. The van der Waals surface area contributed by atoms with Crippen LogP contribution in [-0.4, -0.2) is 16.1 Å². The molecule has 1 aromatic heterocycles. The van der Waals surface area contributed by atoms with Gasteiger partial charge < -0.3 is 15.7 Å². The second kappa shape index (κ2) is 7.77. The molecule has 2 aromatic carbocycles. The summed E-state index contributed by atoms with van der Waals surface area (Å²) < 4.78 is 0. The van der Waals surface area contributed by atoms with Crippen molar-refractivity contribution >= 4 is 40.5 Å². The van der Waals surface area contributed by atoms with E-state index in [4.69, 9.17) is 16.7 Å². The molecule has 4 saturated carbocycles. The van der Waals surface area contributed by atoms with E-state index in [0.29, 0.717) is 11.2 Å². The molecular weight excluding hydrogens is 434 g/mol. The van der Waals surface area contributed by atoms with Crippen molar-refractivity contribution in [1.82, 2.24) is 4.98 Å². The molecule has 7 rings (SSSR count). The Morgan fingerprint density at radius 1 is 0.939 bits per heavy atom. The highest BCUT2D eigenvalue weighted by molar-refractivity contribution is 6.33. The van der Waals surface area contributed by atoms with Crippen LogP contribution >= 0.6 is 11.6 Å². The van der Waals surface area contributed by atoms with Crippen molar-refractivity contribution in [2.24, 2.45) is 17.8 Å². The number of benzene rings is 2. The summed E-state index contributed by atoms with van der Waals surface area (Å²) in [6.07, 6.45) is 6.94. The first-order valence-electron chi connectivity index (χ1n) is 11.6. The maximum absolute atomic E-state index is 11.1. The Labute approximate surface area is 198 Å². The number of hydrogen-bond donors (Lipinski definition) is 3. The molecule has 2 unspecified atom stereocenters. The summed E-state index contributed by atoms with van der Waals surface area (Å²) >= 11 is 6.74. The second-order valence-corrected chi connectivity index (χ2v) is 10.3. The fraction of sp³-hybridized carbons (Fsp3) is 0.333. The number of anilines is 4. The van der Waals surface area contributed by atoms with Gasteiger partial charge in [-0.15, -0.1) is 0 Å². The van der Waals surface area contributed by atoms with Crippen molar-refractivity contribution in [2.75, 3.05) is 10.6 Å². The maximum atomic E-state index is 11.1. The quantitative estimate of drug-likeness (QED) is 0.370. The standard InChI is InChI=1S/C27H26ClN3O2/c28-22-13-18(27-14-16-10-17(15-27)12-19(27)11-16)4-9-23(22)29-20-5-7-21(8-6-20)30-25-3-1-2-24(31-25)26(32)33/h1-9,13,16-17,19,29H,10-12,14-15H2,(H,30,31)(H,32,33). The third-order valence-corrected chi connectivity index (χ3v) is 8.25. The Morgan fingerprint density at radius 3 is 2.30 bits per heavy atom. The topological polar surface area (TPSA) is 74.2 Å². The van der Waals surface area contributed by atoms with Gasteiger partial charge in [-0.2, -0.15) is 0 Å². The summed E-state index contributed by atoms with van der Waals surface area (Å²) in [6, 6.07) is 19.3. The molecule has 0 amide bonds. The molecular formula is C27H26ClN3O2. The average Bonchev–Trinajstić information content (AvgIpc) is 3.21. The molecule has 1 heterocycles. The molecule has 0 saturated heterocycles. The molecule has 4 bridgehead atoms. The number of nitrogens with zero attached hydrogens (tertiary/aromatic N) is 1. The Bertz CT molecular complexity index is 1210. The van der Waals surface area contributed by atoms with E-state index >= 15 is 0 Å². The van der Waals surface area contributed by atoms with Crippen LogP contribution in [0.15, 0.2) is 60.7 Å². The third-order valence-electron chi connectivity index (χ3n) is 7.94. The van der Waals surface area contributed by atoms with Gasteiger partial charge in [-0.1, -0.05) is 23.7 Å². The molecule has 0 aliphatic heterocycles. The van der Waals surface area contributed by atoms with Gasteiger partial charge in [-0.05, 0) is 109 Å². The highest BCUT2D eigenvalue weighted by atomic mass is 35.5. The van der Waals surface area contributed by atoms with Crippen molar-refractivity contribution in [2.45, 2.75) is 37.5 Å². The molecule has 6 heteroatoms. The van der Waals surface area contributed by atoms with Crippen LogP contribution < -0.4 is 10.6 Å². The smallest absolute Gasteiger partial charge is 0.354 e. The van der Waals surface area contributed by atoms with E-state index in [1.54, 1.807) is 12.1 Å². The first kappa shape index (κ1) is 20.5. The fourth-order valence-electron chi connectivity index (χ4n) is 6.76. The zero-order valence-electron chi connectivity index (χ0n) is 18.2. The van der Waals surface area contributed by atoms with Crippen LogP contribution in [0.5, 0.6) is 0 Å². The molecule has 33 heavy (non-hydrogen) atoms. The predicted octanol–water partition coefficient (Wildman–Crippen LogP) is 7.00. The minimum Gasteiger partial charge on any atom is -0.477 e. The summed E-state index contributed by atoms with van der Waals surface area (Å²) in [5.41, 5.74) is 4.48. The fourth-order valence-corrected chi connectivity index (χ4v) is 6.99. The van der Waals surface area contributed by atoms with E-state index in [-0.39, 0.29) is 5.69 Å². The van der Waals surface area contributed by atoms with Gasteiger partial charge in [0.25, 0.3) is 0 Å². The molecule has 0 radical (unpaired) electrons. The van der Waals surface area contributed by atoms with E-state index < -0.39 is 5.97 Å². The van der Waals surface area contributed by atoms with Gasteiger partial charge in [0.05, 0.1) is 10.7 Å². The Morgan fingerprint density at radius 2 is 1.64 bits per heavy atom. The minimum absolute atomic E-state index is 0.00877. The Balaban J connectivity index is 1.16. The summed E-state index contributed by atoms with van der Waals surface area (Å²) in [7, 11) is 0. The second-order valence-electron chi connectivity index (χ2n) is 9.94. The number of carbonyl (C=O) groups is 1. The van der Waals surface area contributed by atoms with Crippen LogP contribution in [0.3, 0.4) is 0 Å². The molecule has 4 fully saturated rings. The van der Waals surface area contributed by atoms with Crippen molar-refractivity contribution in [3.63, 3.8) is 0 Å². The van der Waals surface area contributed by atoms with Crippen LogP contribution in [-0.2, 0) is 5.41 Å². The predicted molar refractivity (Wildman–Crippen MR) is 131 cm³/mol. The lowest BCUT2D eigenvalue weighted by Crippen LogP contribution is -2.27. The number of rotatable bonds is 6. The molecule has 0 spiro atoms. The summed E-state index contributed by atoms with van der Waals surface area (Å²) in [4.78, 5) is 15.2. The lowest BCUT2D eigenvalue weighted by atomic mass is 9.71. The maximum Gasteiger partial charge on any atom is 0.354 e. The number of aromatic carboxylic acids is 1. The van der Waals surface area contributed by atoms with Gasteiger partial charge in [0.1, 0.15) is 5.82 Å². The van der Waals surface area contributed by atoms with E-state index in [2.05, 4.69) is 33.8 Å². The molecule has 3 N–H and O–H groups in total. The number of carboxylic acids is 1. The van der Waals surface area contributed by atoms with Crippen molar-refractivity contribution < 1.29 is 9.90 Å². The van der Waals surface area contributed by atoms with Gasteiger partial charge >= 0.3 is 5.97 Å². The number of pyridine rings is 1. The normalized spacial score (nSPS) is 27.0. The third kappa shape index (κ3) is 3.65. The summed E-state index contributed by atoms with van der Waals surface area (Å²) in [6.45, 7) is 0. The van der Waals surface area contributed by atoms with E-state index in [1.807, 2.05) is 24.3 Å². The SMILES string of the molecule is O=C(O)c1cccc(Nc2ccc(Nc3ccc(C45CC6CC(CC4C6)C5)cc3Cl)cc2)n1. The molecule has 5 nitrogen and oxygen atoms in total. The van der Waals surface area contributed by atoms with Crippen molar-refractivity contribution in [3.8, 4) is 0 Å². The monoisotopic (exact) mass is 459 g/mol. The first-order valence-corrected chi connectivity index (χ1v) is 12.0. The Hall–Kier alpha value is -3.05. The average molecular weight is 460 g/mol. The molecule has 168 valence electrons. The van der Waals surface area contributed by atoms with E-state index in [1.165, 1.54) is 43.7 Å². The lowest BCUT2D eigenvalue weighted by Gasteiger charge is -2.34. The Kier molecular flexibility index (Phi) is 4.84. The van der Waals surface area contributed by atoms with Crippen LogP contribution in [0.2, 0.25) is 5.02 Å². The van der Waals surface area contributed by atoms with Gasteiger partial charge in [0.2, 0.25) is 0 Å². The zero-order chi connectivity index (χ0) is 22.6. The zero-order valence-corrected chi connectivity index (χ0v) is 19.0. The summed E-state index contributed by atoms with van der Waals surface area (Å²) in [5.74, 6) is 2.14. The van der Waals surface area contributed by atoms with E-state index in [9.17, 15) is 4.79 Å². The van der Waals surface area contributed by atoms with Gasteiger partial charge in [0.15, 0.2) is 5.69 Å². The molecule has 4 aliphatic rings. The number of carboxylic acid groups (broad SMARTS) is 1. The summed E-state index contributed by atoms with van der Waals surface area (Å²) in [5, 5.41) is 16.4. The molecule has 4 aliphatic carbocycles.